The lowest BCUT2D eigenvalue weighted by atomic mass is 10.1. The Morgan fingerprint density at radius 3 is 3.00 bits per heavy atom. The first-order valence-corrected chi connectivity index (χ1v) is 6.18. The van der Waals surface area contributed by atoms with Crippen molar-refractivity contribution in [2.45, 2.75) is 0 Å². The maximum Gasteiger partial charge on any atom is 0.199 e. The molecule has 0 aliphatic carbocycles. The maximum atomic E-state index is 12.3. The average molecular weight is 263 g/mol. The van der Waals surface area contributed by atoms with Crippen molar-refractivity contribution in [3.8, 4) is 10.4 Å². The van der Waals surface area contributed by atoms with Gasteiger partial charge < -0.3 is 0 Å². The Morgan fingerprint density at radius 1 is 1.35 bits per heavy atom. The Bertz CT molecular complexity index is 734. The minimum absolute atomic E-state index is 0.0348. The predicted molar refractivity (Wildman–Crippen MR) is 70.6 cm³/mol. The third kappa shape index (κ3) is 1.66. The normalized spacial score (nSPS) is 10.9. The molecule has 0 saturated heterocycles. The van der Waals surface area contributed by atoms with Gasteiger partial charge in [0.2, 0.25) is 0 Å². The van der Waals surface area contributed by atoms with E-state index in [4.69, 9.17) is 11.8 Å². The molecule has 0 bridgehead atoms. The van der Waals surface area contributed by atoms with E-state index in [2.05, 4.69) is 4.98 Å². The molecule has 0 fully saturated rings. The zero-order valence-electron chi connectivity index (χ0n) is 8.63. The lowest BCUT2D eigenvalue weighted by Gasteiger charge is -2.04. The van der Waals surface area contributed by atoms with Crippen LogP contribution in [-0.4, -0.2) is 9.07 Å². The lowest BCUT2D eigenvalue weighted by Crippen LogP contribution is -2.08. The van der Waals surface area contributed by atoms with Crippen molar-refractivity contribution in [3.63, 3.8) is 0 Å². The first-order valence-electron chi connectivity index (χ1n) is 4.97. The Hall–Kier alpha value is -1.65. The minimum atomic E-state index is -0.0348. The molecule has 0 spiro atoms. The third-order valence-corrected chi connectivity index (χ3v) is 3.73. The molecule has 3 aromatic heterocycles. The number of aromatic nitrogens is 2. The van der Waals surface area contributed by atoms with E-state index >= 15 is 0 Å². The summed E-state index contributed by atoms with van der Waals surface area (Å²) < 4.78 is 1.44. The number of fused-ring (bicyclic) bond motifs is 1. The molecule has 0 amide bonds. The largest absolute Gasteiger partial charge is 0.288 e. The zero-order valence-corrected chi connectivity index (χ0v) is 10.2. The number of nitrogens with zero attached hydrogens (tertiary/aromatic N) is 2. The lowest BCUT2D eigenvalue weighted by molar-refractivity contribution is 1.25. The molecule has 3 aromatic rings. The van der Waals surface area contributed by atoms with Gasteiger partial charge in [-0.2, -0.15) is 0 Å². The standard InChI is InChI=1S/C12H7ClN2OS/c13-15-7-9(11-2-1-5-17-11)12(16)8-6-14-4-3-10(8)15/h1-7H. The van der Waals surface area contributed by atoms with Crippen LogP contribution in [0.4, 0.5) is 0 Å². The number of hydrogen-bond acceptors (Lipinski definition) is 3. The first kappa shape index (κ1) is 10.5. The van der Waals surface area contributed by atoms with Gasteiger partial charge in [0.05, 0.1) is 16.5 Å². The number of thiophene rings is 1. The molecule has 5 heteroatoms. The Balaban J connectivity index is 2.43. The molecular formula is C12H7ClN2OS. The molecule has 3 heterocycles. The molecule has 3 rings (SSSR count). The summed E-state index contributed by atoms with van der Waals surface area (Å²) in [4.78, 5) is 17.2. The van der Waals surface area contributed by atoms with Crippen LogP contribution >= 0.6 is 23.1 Å². The van der Waals surface area contributed by atoms with E-state index in [-0.39, 0.29) is 5.43 Å². The van der Waals surface area contributed by atoms with Crippen molar-refractivity contribution in [1.29, 1.82) is 0 Å². The van der Waals surface area contributed by atoms with E-state index in [1.807, 2.05) is 17.5 Å². The van der Waals surface area contributed by atoms with Crippen LogP contribution in [0.5, 0.6) is 0 Å². The summed E-state index contributed by atoms with van der Waals surface area (Å²) in [6.45, 7) is 0. The molecule has 17 heavy (non-hydrogen) atoms. The first-order chi connectivity index (χ1) is 8.27. The van der Waals surface area contributed by atoms with E-state index in [1.165, 1.54) is 15.4 Å². The van der Waals surface area contributed by atoms with Gasteiger partial charge in [0.15, 0.2) is 5.43 Å². The second-order valence-electron chi connectivity index (χ2n) is 3.55. The topological polar surface area (TPSA) is 34.9 Å². The molecule has 0 N–H and O–H groups in total. The SMILES string of the molecule is O=c1c(-c2cccs2)cn(Cl)c2ccncc12. The summed E-state index contributed by atoms with van der Waals surface area (Å²) >= 11 is 7.62. The van der Waals surface area contributed by atoms with Crippen LogP contribution < -0.4 is 5.43 Å². The predicted octanol–water partition coefficient (Wildman–Crippen LogP) is 3.13. The highest BCUT2D eigenvalue weighted by molar-refractivity contribution is 7.13. The molecule has 0 radical (unpaired) electrons. The van der Waals surface area contributed by atoms with Crippen LogP contribution in [-0.2, 0) is 0 Å². The van der Waals surface area contributed by atoms with Gasteiger partial charge in [0, 0.05) is 35.2 Å². The van der Waals surface area contributed by atoms with Crippen LogP contribution in [0.1, 0.15) is 0 Å². The minimum Gasteiger partial charge on any atom is -0.288 e. The second-order valence-corrected chi connectivity index (χ2v) is 4.87. The zero-order chi connectivity index (χ0) is 11.8. The fraction of sp³-hybridized carbons (Fsp3) is 0. The molecule has 3 nitrogen and oxygen atoms in total. The van der Waals surface area contributed by atoms with Gasteiger partial charge in [-0.15, -0.1) is 11.3 Å². The van der Waals surface area contributed by atoms with Gasteiger partial charge in [-0.3, -0.25) is 13.9 Å². The van der Waals surface area contributed by atoms with Crippen molar-refractivity contribution < 1.29 is 0 Å². The van der Waals surface area contributed by atoms with Gasteiger partial charge in [0.1, 0.15) is 0 Å². The fourth-order valence-corrected chi connectivity index (χ4v) is 2.72. The van der Waals surface area contributed by atoms with Crippen molar-refractivity contribution >= 4 is 34.0 Å². The molecule has 0 unspecified atom stereocenters. The van der Waals surface area contributed by atoms with Crippen LogP contribution in [0, 0.1) is 0 Å². The van der Waals surface area contributed by atoms with Crippen LogP contribution in [0.3, 0.4) is 0 Å². The highest BCUT2D eigenvalue weighted by Gasteiger charge is 2.10. The van der Waals surface area contributed by atoms with Crippen molar-refractivity contribution in [2.75, 3.05) is 0 Å². The van der Waals surface area contributed by atoms with Crippen molar-refractivity contribution in [1.82, 2.24) is 9.07 Å². The summed E-state index contributed by atoms with van der Waals surface area (Å²) in [5.74, 6) is 0. The molecule has 0 saturated carbocycles. The van der Waals surface area contributed by atoms with Gasteiger partial charge in [-0.25, -0.2) is 0 Å². The molecule has 0 atom stereocenters. The van der Waals surface area contributed by atoms with Crippen molar-refractivity contribution in [2.24, 2.45) is 0 Å². The number of halogens is 1. The summed E-state index contributed by atoms with van der Waals surface area (Å²) in [5, 5.41) is 2.47. The second kappa shape index (κ2) is 3.98. The maximum absolute atomic E-state index is 12.3. The number of pyridine rings is 2. The van der Waals surface area contributed by atoms with Crippen LogP contribution in [0.25, 0.3) is 21.3 Å². The van der Waals surface area contributed by atoms with Crippen molar-refractivity contribution in [3.05, 3.63) is 52.4 Å². The van der Waals surface area contributed by atoms with E-state index in [0.717, 1.165) is 4.88 Å². The molecule has 0 aliphatic heterocycles. The Labute approximate surface area is 106 Å². The molecular weight excluding hydrogens is 256 g/mol. The highest BCUT2D eigenvalue weighted by atomic mass is 35.5. The Kier molecular flexibility index (Phi) is 2.46. The van der Waals surface area contributed by atoms with E-state index in [0.29, 0.717) is 16.5 Å². The van der Waals surface area contributed by atoms with Crippen LogP contribution in [0.2, 0.25) is 0 Å². The van der Waals surface area contributed by atoms with Gasteiger partial charge in [-0.1, -0.05) is 6.07 Å². The fourth-order valence-electron chi connectivity index (χ4n) is 1.74. The Morgan fingerprint density at radius 2 is 2.24 bits per heavy atom. The summed E-state index contributed by atoms with van der Waals surface area (Å²) in [6, 6.07) is 5.54. The smallest absolute Gasteiger partial charge is 0.199 e. The summed E-state index contributed by atoms with van der Waals surface area (Å²) in [7, 11) is 0. The van der Waals surface area contributed by atoms with Gasteiger partial charge in [0.25, 0.3) is 0 Å². The highest BCUT2D eigenvalue weighted by Crippen LogP contribution is 2.24. The van der Waals surface area contributed by atoms with Gasteiger partial charge in [-0.05, 0) is 17.5 Å². The van der Waals surface area contributed by atoms with Crippen LogP contribution in [0.15, 0.2) is 47.0 Å². The quantitative estimate of drug-likeness (QED) is 0.675. The van der Waals surface area contributed by atoms with E-state index in [1.54, 1.807) is 24.7 Å². The summed E-state index contributed by atoms with van der Waals surface area (Å²) in [5.41, 5.74) is 1.25. The van der Waals surface area contributed by atoms with Gasteiger partial charge >= 0.3 is 0 Å². The van der Waals surface area contributed by atoms with E-state index < -0.39 is 0 Å². The number of hydrogen-bond donors (Lipinski definition) is 0. The summed E-state index contributed by atoms with van der Waals surface area (Å²) in [6.07, 6.45) is 4.82. The molecule has 0 aromatic carbocycles. The average Bonchev–Trinajstić information content (AvgIpc) is 2.87. The monoisotopic (exact) mass is 262 g/mol. The molecule has 84 valence electrons. The number of rotatable bonds is 1. The molecule has 0 aliphatic rings. The van der Waals surface area contributed by atoms with E-state index in [9.17, 15) is 4.79 Å². The third-order valence-electron chi connectivity index (χ3n) is 2.55.